The minimum Gasteiger partial charge on any atom is -0.497 e. The number of primary amides is 1. The van der Waals surface area contributed by atoms with Gasteiger partial charge in [-0.1, -0.05) is 0 Å². The van der Waals surface area contributed by atoms with Gasteiger partial charge < -0.3 is 25.3 Å². The molecule has 0 fully saturated rings. The second kappa shape index (κ2) is 8.52. The molecule has 2 aromatic carbocycles. The van der Waals surface area contributed by atoms with Gasteiger partial charge in [-0.05, 0) is 36.4 Å². The van der Waals surface area contributed by atoms with Crippen LogP contribution >= 0.6 is 0 Å². The number of nitrogens with one attached hydrogen (secondary N) is 1. The molecule has 0 aromatic heterocycles. The van der Waals surface area contributed by atoms with E-state index in [9.17, 15) is 14.4 Å². The summed E-state index contributed by atoms with van der Waals surface area (Å²) >= 11 is 0. The number of hydrogen-bond acceptors (Lipinski definition) is 6. The first-order valence-corrected chi connectivity index (χ1v) is 7.53. The number of amides is 2. The number of nitrogens with two attached hydrogens (primary N) is 1. The number of ether oxygens (including phenoxy) is 3. The number of methoxy groups -OCH3 is 2. The van der Waals surface area contributed by atoms with E-state index in [1.807, 2.05) is 0 Å². The Kier molecular flexibility index (Phi) is 6.15. The Bertz CT molecular complexity index is 817. The molecule has 0 saturated heterocycles. The number of esters is 1. The van der Waals surface area contributed by atoms with Crippen LogP contribution in [0.4, 0.5) is 5.69 Å². The Balaban J connectivity index is 1.94. The van der Waals surface area contributed by atoms with Crippen LogP contribution in [0.5, 0.6) is 11.5 Å². The Labute approximate surface area is 149 Å². The first-order chi connectivity index (χ1) is 12.4. The zero-order valence-corrected chi connectivity index (χ0v) is 14.3. The highest BCUT2D eigenvalue weighted by molar-refractivity contribution is 5.97. The Morgan fingerprint density at radius 1 is 1.00 bits per heavy atom. The Morgan fingerprint density at radius 3 is 2.27 bits per heavy atom. The number of carbonyl (C=O) groups excluding carboxylic acids is 3. The van der Waals surface area contributed by atoms with Gasteiger partial charge in [0.2, 0.25) is 5.91 Å². The van der Waals surface area contributed by atoms with Crippen molar-refractivity contribution in [1.82, 2.24) is 0 Å². The summed E-state index contributed by atoms with van der Waals surface area (Å²) < 4.78 is 15.2. The zero-order valence-electron chi connectivity index (χ0n) is 14.3. The molecule has 0 aliphatic heterocycles. The van der Waals surface area contributed by atoms with Gasteiger partial charge in [-0.3, -0.25) is 9.59 Å². The molecule has 0 aliphatic rings. The van der Waals surface area contributed by atoms with Crippen molar-refractivity contribution in [3.63, 3.8) is 0 Å². The fourth-order valence-electron chi connectivity index (χ4n) is 2.09. The van der Waals surface area contributed by atoms with Crippen LogP contribution in [0.25, 0.3) is 0 Å². The largest absolute Gasteiger partial charge is 0.497 e. The lowest BCUT2D eigenvalue weighted by molar-refractivity contribution is -0.119. The van der Waals surface area contributed by atoms with E-state index in [-0.39, 0.29) is 11.3 Å². The minimum absolute atomic E-state index is 0.173. The summed E-state index contributed by atoms with van der Waals surface area (Å²) in [6.07, 6.45) is 0. The van der Waals surface area contributed by atoms with Crippen LogP contribution in [0.2, 0.25) is 0 Å². The number of anilines is 1. The summed E-state index contributed by atoms with van der Waals surface area (Å²) in [5, 5.41) is 2.54. The number of hydrogen-bond donors (Lipinski definition) is 2. The van der Waals surface area contributed by atoms with E-state index < -0.39 is 24.4 Å². The predicted octanol–water partition coefficient (Wildman–Crippen LogP) is 1.60. The number of carbonyl (C=O) groups is 3. The maximum Gasteiger partial charge on any atom is 0.342 e. The molecule has 0 radical (unpaired) electrons. The average Bonchev–Trinajstić information content (AvgIpc) is 2.65. The SMILES string of the molecule is COc1ccc(C(=O)OCC(=O)Nc2ccc(C(N)=O)cc2)c(OC)c1. The molecule has 0 aliphatic carbocycles. The molecule has 8 nitrogen and oxygen atoms in total. The molecule has 26 heavy (non-hydrogen) atoms. The first kappa shape index (κ1) is 18.8. The van der Waals surface area contributed by atoms with E-state index >= 15 is 0 Å². The highest BCUT2D eigenvalue weighted by atomic mass is 16.5. The van der Waals surface area contributed by atoms with Gasteiger partial charge in [0.15, 0.2) is 6.61 Å². The summed E-state index contributed by atoms with van der Waals surface area (Å²) in [6.45, 7) is -0.481. The van der Waals surface area contributed by atoms with Gasteiger partial charge in [0.25, 0.3) is 5.91 Å². The molecule has 0 unspecified atom stereocenters. The minimum atomic E-state index is -0.705. The Morgan fingerprint density at radius 2 is 1.69 bits per heavy atom. The van der Waals surface area contributed by atoms with Gasteiger partial charge in [-0.25, -0.2) is 4.79 Å². The Hall–Kier alpha value is -3.55. The molecule has 8 heteroatoms. The van der Waals surface area contributed by atoms with Crippen molar-refractivity contribution in [3.8, 4) is 11.5 Å². The van der Waals surface area contributed by atoms with Crippen molar-refractivity contribution in [2.75, 3.05) is 26.1 Å². The molecule has 0 bridgehead atoms. The number of benzene rings is 2. The third kappa shape index (κ3) is 4.73. The van der Waals surface area contributed by atoms with E-state index in [0.29, 0.717) is 17.0 Å². The smallest absolute Gasteiger partial charge is 0.342 e. The quantitative estimate of drug-likeness (QED) is 0.726. The lowest BCUT2D eigenvalue weighted by Crippen LogP contribution is -2.21. The monoisotopic (exact) mass is 358 g/mol. The fourth-order valence-corrected chi connectivity index (χ4v) is 2.09. The normalized spacial score (nSPS) is 9.92. The summed E-state index contributed by atoms with van der Waals surface area (Å²) in [4.78, 5) is 35.0. The van der Waals surface area contributed by atoms with Crippen molar-refractivity contribution in [2.24, 2.45) is 5.73 Å². The van der Waals surface area contributed by atoms with Crippen LogP contribution in [0.3, 0.4) is 0 Å². The third-order valence-electron chi connectivity index (χ3n) is 3.42. The maximum absolute atomic E-state index is 12.1. The molecular formula is C18H18N2O6. The number of rotatable bonds is 7. The van der Waals surface area contributed by atoms with Crippen LogP contribution in [0.15, 0.2) is 42.5 Å². The summed E-state index contributed by atoms with van der Waals surface area (Å²) in [5.41, 5.74) is 6.08. The molecule has 0 saturated carbocycles. The molecule has 3 N–H and O–H groups in total. The molecule has 2 amide bonds. The van der Waals surface area contributed by atoms with Gasteiger partial charge >= 0.3 is 5.97 Å². The first-order valence-electron chi connectivity index (χ1n) is 7.53. The van der Waals surface area contributed by atoms with Crippen LogP contribution in [-0.4, -0.2) is 38.6 Å². The molecule has 0 atom stereocenters. The summed E-state index contributed by atoms with van der Waals surface area (Å²) in [7, 11) is 2.90. The van der Waals surface area contributed by atoms with Crippen LogP contribution < -0.4 is 20.5 Å². The van der Waals surface area contributed by atoms with E-state index in [1.54, 1.807) is 6.07 Å². The van der Waals surface area contributed by atoms with Crippen molar-refractivity contribution in [2.45, 2.75) is 0 Å². The molecule has 2 rings (SSSR count). The predicted molar refractivity (Wildman–Crippen MR) is 93.4 cm³/mol. The summed E-state index contributed by atoms with van der Waals surface area (Å²) in [5.74, 6) is -1.00. The average molecular weight is 358 g/mol. The third-order valence-corrected chi connectivity index (χ3v) is 3.42. The van der Waals surface area contributed by atoms with Crippen molar-refractivity contribution in [3.05, 3.63) is 53.6 Å². The van der Waals surface area contributed by atoms with Gasteiger partial charge in [-0.2, -0.15) is 0 Å². The van der Waals surface area contributed by atoms with E-state index in [0.717, 1.165) is 0 Å². The molecule has 2 aromatic rings. The second-order valence-electron chi connectivity index (χ2n) is 5.13. The highest BCUT2D eigenvalue weighted by Gasteiger charge is 2.16. The molecular weight excluding hydrogens is 340 g/mol. The lowest BCUT2D eigenvalue weighted by Gasteiger charge is -2.10. The zero-order chi connectivity index (χ0) is 19.1. The van der Waals surface area contributed by atoms with Crippen molar-refractivity contribution >= 4 is 23.5 Å². The van der Waals surface area contributed by atoms with Crippen molar-refractivity contribution in [1.29, 1.82) is 0 Å². The highest BCUT2D eigenvalue weighted by Crippen LogP contribution is 2.25. The van der Waals surface area contributed by atoms with Crippen LogP contribution in [0.1, 0.15) is 20.7 Å². The van der Waals surface area contributed by atoms with Crippen molar-refractivity contribution < 1.29 is 28.6 Å². The topological polar surface area (TPSA) is 117 Å². The van der Waals surface area contributed by atoms with Gasteiger partial charge in [-0.15, -0.1) is 0 Å². The van der Waals surface area contributed by atoms with Gasteiger partial charge in [0.1, 0.15) is 17.1 Å². The van der Waals surface area contributed by atoms with E-state index in [2.05, 4.69) is 5.32 Å². The van der Waals surface area contributed by atoms with Crippen LogP contribution in [-0.2, 0) is 9.53 Å². The second-order valence-corrected chi connectivity index (χ2v) is 5.13. The molecule has 0 spiro atoms. The fraction of sp³-hybridized carbons (Fsp3) is 0.167. The lowest BCUT2D eigenvalue weighted by atomic mass is 10.2. The van der Waals surface area contributed by atoms with Gasteiger partial charge in [0, 0.05) is 17.3 Å². The summed E-state index contributed by atoms with van der Waals surface area (Å²) in [6, 6.07) is 10.6. The maximum atomic E-state index is 12.1. The van der Waals surface area contributed by atoms with Crippen LogP contribution in [0, 0.1) is 0 Å². The standard InChI is InChI=1S/C18H18N2O6/c1-24-13-7-8-14(15(9-13)25-2)18(23)26-10-16(21)20-12-5-3-11(4-6-12)17(19)22/h3-9H,10H2,1-2H3,(H2,19,22)(H,20,21). The van der Waals surface area contributed by atoms with Gasteiger partial charge in [0.05, 0.1) is 14.2 Å². The molecule has 136 valence electrons. The van der Waals surface area contributed by atoms with E-state index in [1.165, 1.54) is 50.6 Å². The molecule has 0 heterocycles. The van der Waals surface area contributed by atoms with E-state index in [4.69, 9.17) is 19.9 Å².